The van der Waals surface area contributed by atoms with Crippen LogP contribution in [0.5, 0.6) is 0 Å². The number of benzene rings is 1. The molecule has 4 nitrogen and oxygen atoms in total. The second kappa shape index (κ2) is 4.41. The first-order chi connectivity index (χ1) is 8.11. The molecule has 88 valence electrons. The van der Waals surface area contributed by atoms with E-state index in [9.17, 15) is 9.59 Å². The van der Waals surface area contributed by atoms with E-state index in [0.717, 1.165) is 17.2 Å². The van der Waals surface area contributed by atoms with Gasteiger partial charge in [-0.3, -0.25) is 9.59 Å². The lowest BCUT2D eigenvalue weighted by molar-refractivity contribution is -0.121. The fourth-order valence-corrected chi connectivity index (χ4v) is 1.82. The number of nitrogens with two attached hydrogens (primary N) is 1. The van der Waals surface area contributed by atoms with E-state index in [1.165, 1.54) is 0 Å². The number of amides is 1. The molecule has 0 aliphatic carbocycles. The van der Waals surface area contributed by atoms with Crippen LogP contribution in [0.1, 0.15) is 17.3 Å². The highest BCUT2D eigenvalue weighted by molar-refractivity contribution is 5.87. The number of primary amides is 1. The number of nitrogens with zero attached hydrogens (tertiary/aromatic N) is 1. The predicted octanol–water partition coefficient (Wildman–Crippen LogP) is 1.58. The maximum absolute atomic E-state index is 11.0. The predicted molar refractivity (Wildman–Crippen MR) is 65.7 cm³/mol. The summed E-state index contributed by atoms with van der Waals surface area (Å²) in [4.78, 5) is 21.8. The Morgan fingerprint density at radius 2 is 2.24 bits per heavy atom. The number of carbonyl (C=O) groups excluding carboxylic acids is 2. The minimum absolute atomic E-state index is 0.231. The molecule has 0 saturated heterocycles. The van der Waals surface area contributed by atoms with Crippen molar-refractivity contribution in [3.63, 3.8) is 0 Å². The fourth-order valence-electron chi connectivity index (χ4n) is 1.82. The molecule has 4 heteroatoms. The van der Waals surface area contributed by atoms with E-state index in [4.69, 9.17) is 5.73 Å². The molecule has 1 amide bonds. The maximum atomic E-state index is 11.0. The van der Waals surface area contributed by atoms with Gasteiger partial charge in [-0.05, 0) is 17.5 Å². The van der Waals surface area contributed by atoms with Gasteiger partial charge in [0.15, 0.2) is 0 Å². The number of aldehydes is 1. The van der Waals surface area contributed by atoms with Crippen LogP contribution in [0.4, 0.5) is 0 Å². The summed E-state index contributed by atoms with van der Waals surface area (Å²) in [5.74, 6) is -0.552. The topological polar surface area (TPSA) is 65.1 Å². The summed E-state index contributed by atoms with van der Waals surface area (Å²) in [6.07, 6.45) is 2.72. The van der Waals surface area contributed by atoms with Crippen LogP contribution < -0.4 is 5.73 Å². The third-order valence-corrected chi connectivity index (χ3v) is 2.89. The molecule has 1 aromatic carbocycles. The third kappa shape index (κ3) is 2.20. The summed E-state index contributed by atoms with van der Waals surface area (Å²) in [7, 11) is 0. The van der Waals surface area contributed by atoms with Gasteiger partial charge in [-0.2, -0.15) is 0 Å². The van der Waals surface area contributed by atoms with Crippen LogP contribution in [0, 0.1) is 5.92 Å². The molecule has 2 rings (SSSR count). The summed E-state index contributed by atoms with van der Waals surface area (Å²) >= 11 is 0. The zero-order valence-corrected chi connectivity index (χ0v) is 9.59. The lowest BCUT2D eigenvalue weighted by Gasteiger charge is -2.10. The maximum Gasteiger partial charge on any atom is 0.222 e. The molecule has 0 fully saturated rings. The van der Waals surface area contributed by atoms with Crippen molar-refractivity contribution >= 4 is 23.1 Å². The zero-order valence-electron chi connectivity index (χ0n) is 9.59. The van der Waals surface area contributed by atoms with Crippen LogP contribution >= 0.6 is 0 Å². The molecule has 1 atom stereocenters. The molecule has 0 bridgehead atoms. The standard InChI is InChI=1S/C13H14N2O2/c1-9(13(14)17)7-15-5-4-11-3-2-10(8-16)6-12(11)15/h2-6,8-9H,7H2,1H3,(H2,14,17). The fraction of sp³-hybridized carbons (Fsp3) is 0.231. The van der Waals surface area contributed by atoms with Gasteiger partial charge in [0.05, 0.1) is 5.92 Å². The molecule has 17 heavy (non-hydrogen) atoms. The molecule has 0 radical (unpaired) electrons. The molecular formula is C13H14N2O2. The highest BCUT2D eigenvalue weighted by atomic mass is 16.1. The van der Waals surface area contributed by atoms with Crippen molar-refractivity contribution in [2.24, 2.45) is 11.7 Å². The Bertz CT molecular complexity index is 572. The minimum Gasteiger partial charge on any atom is -0.369 e. The Balaban J connectivity index is 2.40. The van der Waals surface area contributed by atoms with Gasteiger partial charge >= 0.3 is 0 Å². The quantitative estimate of drug-likeness (QED) is 0.810. The third-order valence-electron chi connectivity index (χ3n) is 2.89. The van der Waals surface area contributed by atoms with Gasteiger partial charge in [0.25, 0.3) is 0 Å². The van der Waals surface area contributed by atoms with Gasteiger partial charge in [0.1, 0.15) is 6.29 Å². The Hall–Kier alpha value is -2.10. The van der Waals surface area contributed by atoms with Crippen LogP contribution in [0.2, 0.25) is 0 Å². The van der Waals surface area contributed by atoms with Gasteiger partial charge in [-0.1, -0.05) is 19.1 Å². The summed E-state index contributed by atoms with van der Waals surface area (Å²) in [5.41, 5.74) is 6.82. The number of carbonyl (C=O) groups is 2. The molecule has 0 spiro atoms. The zero-order chi connectivity index (χ0) is 12.4. The Morgan fingerprint density at radius 1 is 1.47 bits per heavy atom. The monoisotopic (exact) mass is 230 g/mol. The van der Waals surface area contributed by atoms with Crippen molar-refractivity contribution in [2.45, 2.75) is 13.5 Å². The number of hydrogen-bond donors (Lipinski definition) is 1. The van der Waals surface area contributed by atoms with Crippen LogP contribution in [0.25, 0.3) is 10.9 Å². The van der Waals surface area contributed by atoms with Gasteiger partial charge in [-0.15, -0.1) is 0 Å². The molecule has 1 unspecified atom stereocenters. The molecule has 2 N–H and O–H groups in total. The molecule has 2 aromatic rings. The number of aromatic nitrogens is 1. The van der Waals surface area contributed by atoms with E-state index in [1.54, 1.807) is 13.0 Å². The normalized spacial score (nSPS) is 12.5. The highest BCUT2D eigenvalue weighted by Gasteiger charge is 2.11. The summed E-state index contributed by atoms with van der Waals surface area (Å²) < 4.78 is 1.94. The van der Waals surface area contributed by atoms with Crippen molar-refractivity contribution in [2.75, 3.05) is 0 Å². The van der Waals surface area contributed by atoms with Crippen molar-refractivity contribution in [3.05, 3.63) is 36.0 Å². The van der Waals surface area contributed by atoms with Crippen LogP contribution in [0.15, 0.2) is 30.5 Å². The number of hydrogen-bond acceptors (Lipinski definition) is 2. The van der Waals surface area contributed by atoms with Gasteiger partial charge in [0.2, 0.25) is 5.91 Å². The van der Waals surface area contributed by atoms with Gasteiger partial charge < -0.3 is 10.3 Å². The van der Waals surface area contributed by atoms with Crippen molar-refractivity contribution in [1.82, 2.24) is 4.57 Å². The van der Waals surface area contributed by atoms with Crippen LogP contribution in [-0.2, 0) is 11.3 Å². The first-order valence-electron chi connectivity index (χ1n) is 5.45. The van der Waals surface area contributed by atoms with E-state index in [-0.39, 0.29) is 11.8 Å². The Kier molecular flexibility index (Phi) is 2.95. The first-order valence-corrected chi connectivity index (χ1v) is 5.45. The average Bonchev–Trinajstić information content (AvgIpc) is 2.71. The van der Waals surface area contributed by atoms with E-state index in [1.807, 2.05) is 29.0 Å². The van der Waals surface area contributed by atoms with E-state index in [0.29, 0.717) is 12.1 Å². The van der Waals surface area contributed by atoms with Crippen molar-refractivity contribution < 1.29 is 9.59 Å². The van der Waals surface area contributed by atoms with E-state index in [2.05, 4.69) is 0 Å². The first kappa shape index (κ1) is 11.4. The molecule has 1 aromatic heterocycles. The van der Waals surface area contributed by atoms with Gasteiger partial charge in [0, 0.05) is 23.8 Å². The summed E-state index contributed by atoms with van der Waals surface area (Å²) in [5, 5.41) is 1.05. The van der Waals surface area contributed by atoms with E-state index >= 15 is 0 Å². The Morgan fingerprint density at radius 3 is 2.88 bits per heavy atom. The smallest absolute Gasteiger partial charge is 0.222 e. The van der Waals surface area contributed by atoms with Gasteiger partial charge in [-0.25, -0.2) is 0 Å². The minimum atomic E-state index is -0.321. The summed E-state index contributed by atoms with van der Waals surface area (Å²) in [6, 6.07) is 7.44. The molecule has 1 heterocycles. The molecule has 0 aliphatic heterocycles. The van der Waals surface area contributed by atoms with Crippen LogP contribution in [0.3, 0.4) is 0 Å². The number of rotatable bonds is 4. The lowest BCUT2D eigenvalue weighted by atomic mass is 10.1. The summed E-state index contributed by atoms with van der Waals surface area (Å²) in [6.45, 7) is 2.32. The average molecular weight is 230 g/mol. The SMILES string of the molecule is CC(Cn1ccc2ccc(C=O)cc21)C(N)=O. The van der Waals surface area contributed by atoms with Crippen molar-refractivity contribution in [3.8, 4) is 0 Å². The van der Waals surface area contributed by atoms with Crippen molar-refractivity contribution in [1.29, 1.82) is 0 Å². The second-order valence-corrected chi connectivity index (χ2v) is 4.21. The lowest BCUT2D eigenvalue weighted by Crippen LogP contribution is -2.24. The molecular weight excluding hydrogens is 216 g/mol. The Labute approximate surface area is 99.0 Å². The van der Waals surface area contributed by atoms with Crippen LogP contribution in [-0.4, -0.2) is 16.8 Å². The highest BCUT2D eigenvalue weighted by Crippen LogP contribution is 2.18. The second-order valence-electron chi connectivity index (χ2n) is 4.21. The molecule has 0 aliphatic rings. The molecule has 0 saturated carbocycles. The largest absolute Gasteiger partial charge is 0.369 e. The van der Waals surface area contributed by atoms with E-state index < -0.39 is 0 Å². The number of fused-ring (bicyclic) bond motifs is 1.